The van der Waals surface area contributed by atoms with Crippen molar-refractivity contribution in [2.45, 2.75) is 125 Å². The summed E-state index contributed by atoms with van der Waals surface area (Å²) in [6.45, 7) is 14.4. The van der Waals surface area contributed by atoms with Gasteiger partial charge in [0.15, 0.2) is 0 Å². The Bertz CT molecular complexity index is 467. The Kier molecular flexibility index (Phi) is 7.06. The monoisotopic (exact) mass is 374 g/mol. The van der Waals surface area contributed by atoms with Crippen molar-refractivity contribution in [3.8, 4) is 0 Å². The smallest absolute Gasteiger partial charge is 0.0264 e. The van der Waals surface area contributed by atoms with E-state index in [2.05, 4.69) is 27.7 Å². The molecule has 0 aromatic carbocycles. The van der Waals surface area contributed by atoms with Crippen molar-refractivity contribution >= 4 is 0 Å². The lowest BCUT2D eigenvalue weighted by atomic mass is 9.42. The van der Waals surface area contributed by atoms with Gasteiger partial charge in [-0.05, 0) is 97.7 Å². The molecule has 27 heavy (non-hydrogen) atoms. The van der Waals surface area contributed by atoms with Gasteiger partial charge in [0.2, 0.25) is 0 Å². The summed E-state index contributed by atoms with van der Waals surface area (Å²) < 4.78 is 0. The van der Waals surface area contributed by atoms with Crippen molar-refractivity contribution in [3.63, 3.8) is 0 Å². The molecule has 0 aliphatic heterocycles. The highest BCUT2D eigenvalue weighted by molar-refractivity contribution is 5.10. The summed E-state index contributed by atoms with van der Waals surface area (Å²) in [6.07, 6.45) is 19.9. The van der Waals surface area contributed by atoms with Gasteiger partial charge in [0.05, 0.1) is 0 Å². The standard InChI is InChI=1S/C25H44.C2H6/c1-5-7-10-19-12-13-22-20-17-18(6-2)21-11-8-9-15-25(21,4)23(20)14-16-24(19,22)3;1-2/h18-23H,5-17H2,1-4H3;1-2H3/t18-,19?,20?,21?,22?,23-,24?,25?;/m0./s1. The van der Waals surface area contributed by atoms with Crippen LogP contribution in [0.1, 0.15) is 125 Å². The van der Waals surface area contributed by atoms with Crippen LogP contribution in [0.3, 0.4) is 0 Å². The van der Waals surface area contributed by atoms with E-state index in [9.17, 15) is 0 Å². The average molecular weight is 375 g/mol. The fourth-order valence-electron chi connectivity index (χ4n) is 9.05. The zero-order valence-corrected chi connectivity index (χ0v) is 19.7. The molecule has 0 heteroatoms. The van der Waals surface area contributed by atoms with Gasteiger partial charge in [0.1, 0.15) is 0 Å². The van der Waals surface area contributed by atoms with E-state index in [1.807, 2.05) is 13.8 Å². The number of unbranched alkanes of at least 4 members (excludes halogenated alkanes) is 1. The van der Waals surface area contributed by atoms with Gasteiger partial charge < -0.3 is 0 Å². The molecule has 6 unspecified atom stereocenters. The maximum absolute atomic E-state index is 2.75. The Balaban J connectivity index is 0.00000102. The second kappa shape index (κ2) is 8.79. The molecule has 0 nitrogen and oxygen atoms in total. The molecule has 0 N–H and O–H groups in total. The fraction of sp³-hybridized carbons (Fsp3) is 1.00. The lowest BCUT2D eigenvalue weighted by molar-refractivity contribution is -0.135. The third-order valence-corrected chi connectivity index (χ3v) is 10.4. The summed E-state index contributed by atoms with van der Waals surface area (Å²) in [7, 11) is 0. The van der Waals surface area contributed by atoms with E-state index in [4.69, 9.17) is 0 Å². The van der Waals surface area contributed by atoms with E-state index in [1.54, 1.807) is 44.9 Å². The van der Waals surface area contributed by atoms with Crippen molar-refractivity contribution < 1.29 is 0 Å². The van der Waals surface area contributed by atoms with Crippen LogP contribution < -0.4 is 0 Å². The summed E-state index contributed by atoms with van der Waals surface area (Å²) in [6, 6.07) is 0. The number of hydrogen-bond acceptors (Lipinski definition) is 0. The largest absolute Gasteiger partial charge is 0.0683 e. The van der Waals surface area contributed by atoms with Crippen molar-refractivity contribution in [2.75, 3.05) is 0 Å². The van der Waals surface area contributed by atoms with Crippen LogP contribution in [0, 0.1) is 46.3 Å². The van der Waals surface area contributed by atoms with Crippen molar-refractivity contribution in [2.24, 2.45) is 46.3 Å². The molecule has 0 bridgehead atoms. The number of fused-ring (bicyclic) bond motifs is 5. The van der Waals surface area contributed by atoms with E-state index < -0.39 is 0 Å². The summed E-state index contributed by atoms with van der Waals surface area (Å²) in [5.41, 5.74) is 1.40. The van der Waals surface area contributed by atoms with E-state index in [-0.39, 0.29) is 0 Å². The first-order valence-corrected chi connectivity index (χ1v) is 13.0. The first kappa shape index (κ1) is 21.7. The zero-order chi connectivity index (χ0) is 19.7. The van der Waals surface area contributed by atoms with Gasteiger partial charge in [-0.2, -0.15) is 0 Å². The van der Waals surface area contributed by atoms with Gasteiger partial charge in [-0.15, -0.1) is 0 Å². The minimum atomic E-state index is 0.699. The quantitative estimate of drug-likeness (QED) is 0.461. The van der Waals surface area contributed by atoms with Crippen LogP contribution in [-0.4, -0.2) is 0 Å². The van der Waals surface area contributed by atoms with Gasteiger partial charge in [0, 0.05) is 0 Å². The third kappa shape index (κ3) is 3.54. The van der Waals surface area contributed by atoms with Crippen molar-refractivity contribution in [1.82, 2.24) is 0 Å². The zero-order valence-electron chi connectivity index (χ0n) is 19.7. The molecule has 8 atom stereocenters. The minimum absolute atomic E-state index is 0.699. The van der Waals surface area contributed by atoms with E-state index in [0.29, 0.717) is 10.8 Å². The summed E-state index contributed by atoms with van der Waals surface area (Å²) >= 11 is 0. The fourth-order valence-corrected chi connectivity index (χ4v) is 9.05. The Labute approximate surface area is 171 Å². The maximum atomic E-state index is 2.75. The third-order valence-electron chi connectivity index (χ3n) is 10.4. The first-order chi connectivity index (χ1) is 13.0. The van der Waals surface area contributed by atoms with E-state index in [1.165, 1.54) is 38.5 Å². The van der Waals surface area contributed by atoms with Crippen LogP contribution >= 0.6 is 0 Å². The molecule has 4 fully saturated rings. The second-order valence-corrected chi connectivity index (χ2v) is 11.1. The lowest BCUT2D eigenvalue weighted by Gasteiger charge is -2.62. The molecule has 4 aliphatic carbocycles. The minimum Gasteiger partial charge on any atom is -0.0683 e. The predicted molar refractivity (Wildman–Crippen MR) is 120 cm³/mol. The molecule has 0 spiro atoms. The molecule has 0 aromatic rings. The molecule has 158 valence electrons. The Morgan fingerprint density at radius 2 is 1.52 bits per heavy atom. The molecule has 0 aromatic heterocycles. The highest BCUT2D eigenvalue weighted by Gasteiger charge is 2.60. The van der Waals surface area contributed by atoms with Gasteiger partial charge in [0.25, 0.3) is 0 Å². The number of hydrogen-bond donors (Lipinski definition) is 0. The van der Waals surface area contributed by atoms with E-state index >= 15 is 0 Å². The second-order valence-electron chi connectivity index (χ2n) is 11.1. The van der Waals surface area contributed by atoms with E-state index in [0.717, 1.165) is 35.5 Å². The first-order valence-electron chi connectivity index (χ1n) is 13.0. The van der Waals surface area contributed by atoms with Crippen LogP contribution in [0.15, 0.2) is 0 Å². The Morgan fingerprint density at radius 1 is 0.778 bits per heavy atom. The topological polar surface area (TPSA) is 0 Å². The van der Waals surface area contributed by atoms with Gasteiger partial charge in [-0.3, -0.25) is 0 Å². The molecule has 0 radical (unpaired) electrons. The Morgan fingerprint density at radius 3 is 2.22 bits per heavy atom. The lowest BCUT2D eigenvalue weighted by Crippen LogP contribution is -2.55. The molecule has 4 aliphatic rings. The average Bonchev–Trinajstić information content (AvgIpc) is 3.03. The van der Waals surface area contributed by atoms with Crippen molar-refractivity contribution in [1.29, 1.82) is 0 Å². The Hall–Kier alpha value is 0. The highest BCUT2D eigenvalue weighted by Crippen LogP contribution is 2.69. The van der Waals surface area contributed by atoms with Gasteiger partial charge >= 0.3 is 0 Å². The van der Waals surface area contributed by atoms with Crippen LogP contribution in [0.4, 0.5) is 0 Å². The molecule has 0 heterocycles. The summed E-state index contributed by atoms with van der Waals surface area (Å²) in [4.78, 5) is 0. The molecule has 4 saturated carbocycles. The van der Waals surface area contributed by atoms with Crippen LogP contribution in [0.2, 0.25) is 0 Å². The van der Waals surface area contributed by atoms with Crippen molar-refractivity contribution in [3.05, 3.63) is 0 Å². The highest BCUT2D eigenvalue weighted by atomic mass is 14.7. The predicted octanol–water partition coefficient (Wildman–Crippen LogP) is 8.89. The van der Waals surface area contributed by atoms with Crippen LogP contribution in [0.5, 0.6) is 0 Å². The maximum Gasteiger partial charge on any atom is -0.0264 e. The van der Waals surface area contributed by atoms with Crippen LogP contribution in [0.25, 0.3) is 0 Å². The molecule has 0 saturated heterocycles. The normalized spacial score (nSPS) is 48.7. The SMILES string of the molecule is CC.CCCCC1CCC2C3C[C@H](CC)C4CCCCC4(C)[C@H]3CCC12C. The molecular weight excluding hydrogens is 324 g/mol. The molecular formula is C27H50. The van der Waals surface area contributed by atoms with Gasteiger partial charge in [-0.25, -0.2) is 0 Å². The number of rotatable bonds is 4. The summed E-state index contributed by atoms with van der Waals surface area (Å²) in [5.74, 6) is 6.38. The molecule has 0 amide bonds. The van der Waals surface area contributed by atoms with Crippen LogP contribution in [-0.2, 0) is 0 Å². The molecule has 4 rings (SSSR count). The van der Waals surface area contributed by atoms with Gasteiger partial charge in [-0.1, -0.05) is 73.6 Å². The summed E-state index contributed by atoms with van der Waals surface area (Å²) in [5, 5.41) is 0.